The first-order valence-corrected chi connectivity index (χ1v) is 6.66. The SMILES string of the molecule is c1cc(-c2cnc(C3CCNCC3)[nH]2)cs1. The molecule has 3 rings (SSSR count). The van der Waals surface area contributed by atoms with E-state index in [1.54, 1.807) is 11.3 Å². The van der Waals surface area contributed by atoms with E-state index in [2.05, 4.69) is 32.1 Å². The molecule has 0 spiro atoms. The first-order valence-electron chi connectivity index (χ1n) is 5.71. The predicted octanol–water partition coefficient (Wildman–Crippen LogP) is 2.61. The van der Waals surface area contributed by atoms with E-state index < -0.39 is 0 Å². The number of thiophene rings is 1. The van der Waals surface area contributed by atoms with E-state index in [1.807, 2.05) is 6.20 Å². The van der Waals surface area contributed by atoms with Crippen LogP contribution < -0.4 is 5.32 Å². The topological polar surface area (TPSA) is 40.7 Å². The van der Waals surface area contributed by atoms with Crippen molar-refractivity contribution < 1.29 is 0 Å². The van der Waals surface area contributed by atoms with E-state index in [0.29, 0.717) is 5.92 Å². The Labute approximate surface area is 98.9 Å². The first kappa shape index (κ1) is 10.1. The molecule has 2 N–H and O–H groups in total. The number of rotatable bonds is 2. The molecule has 0 aliphatic carbocycles. The highest BCUT2D eigenvalue weighted by molar-refractivity contribution is 7.08. The van der Waals surface area contributed by atoms with Gasteiger partial charge in [0.15, 0.2) is 0 Å². The molecule has 0 saturated carbocycles. The third kappa shape index (κ3) is 1.90. The summed E-state index contributed by atoms with van der Waals surface area (Å²) in [6.07, 6.45) is 4.34. The molecule has 3 nitrogen and oxygen atoms in total. The summed E-state index contributed by atoms with van der Waals surface area (Å²) in [5.74, 6) is 1.76. The minimum absolute atomic E-state index is 0.605. The van der Waals surface area contributed by atoms with Crippen LogP contribution in [0.25, 0.3) is 11.3 Å². The van der Waals surface area contributed by atoms with Crippen molar-refractivity contribution in [2.75, 3.05) is 13.1 Å². The second-order valence-electron chi connectivity index (χ2n) is 4.22. The maximum atomic E-state index is 4.52. The van der Waals surface area contributed by atoms with Gasteiger partial charge in [-0.2, -0.15) is 11.3 Å². The average Bonchev–Trinajstić information content (AvgIpc) is 3.01. The summed E-state index contributed by atoms with van der Waals surface area (Å²) < 4.78 is 0. The Bertz CT molecular complexity index is 441. The molecule has 0 bridgehead atoms. The number of aromatic nitrogens is 2. The van der Waals surface area contributed by atoms with Gasteiger partial charge in [-0.3, -0.25) is 0 Å². The molecule has 0 radical (unpaired) electrons. The molecule has 16 heavy (non-hydrogen) atoms. The van der Waals surface area contributed by atoms with Crippen LogP contribution in [0.1, 0.15) is 24.6 Å². The van der Waals surface area contributed by atoms with Crippen molar-refractivity contribution in [3.63, 3.8) is 0 Å². The van der Waals surface area contributed by atoms with Gasteiger partial charge in [0.1, 0.15) is 5.82 Å². The predicted molar refractivity (Wildman–Crippen MR) is 66.7 cm³/mol. The number of piperidine rings is 1. The van der Waals surface area contributed by atoms with E-state index in [4.69, 9.17) is 0 Å². The smallest absolute Gasteiger partial charge is 0.109 e. The fourth-order valence-electron chi connectivity index (χ4n) is 2.20. The van der Waals surface area contributed by atoms with Crippen LogP contribution in [0.4, 0.5) is 0 Å². The standard InChI is InChI=1S/C12H15N3S/c1-4-13-5-2-9(1)12-14-7-11(15-12)10-3-6-16-8-10/h3,6-9,13H,1-2,4-5H2,(H,14,15). The van der Waals surface area contributed by atoms with Crippen LogP contribution in [-0.4, -0.2) is 23.1 Å². The molecule has 2 aromatic heterocycles. The average molecular weight is 233 g/mol. The molecule has 0 atom stereocenters. The lowest BCUT2D eigenvalue weighted by atomic mass is 9.98. The Morgan fingerprint density at radius 2 is 2.19 bits per heavy atom. The summed E-state index contributed by atoms with van der Waals surface area (Å²) in [7, 11) is 0. The van der Waals surface area contributed by atoms with Crippen LogP contribution in [0, 0.1) is 0 Å². The van der Waals surface area contributed by atoms with Crippen LogP contribution >= 0.6 is 11.3 Å². The van der Waals surface area contributed by atoms with E-state index in [-0.39, 0.29) is 0 Å². The van der Waals surface area contributed by atoms with Crippen molar-refractivity contribution in [2.24, 2.45) is 0 Å². The van der Waals surface area contributed by atoms with Crippen molar-refractivity contribution >= 4 is 11.3 Å². The van der Waals surface area contributed by atoms with E-state index >= 15 is 0 Å². The van der Waals surface area contributed by atoms with Crippen molar-refractivity contribution in [3.05, 3.63) is 28.8 Å². The molecular formula is C12H15N3S. The molecule has 1 aliphatic heterocycles. The third-order valence-electron chi connectivity index (χ3n) is 3.15. The van der Waals surface area contributed by atoms with E-state index in [0.717, 1.165) is 24.6 Å². The van der Waals surface area contributed by atoms with E-state index in [9.17, 15) is 0 Å². The normalized spacial score (nSPS) is 17.8. The van der Waals surface area contributed by atoms with Gasteiger partial charge in [0.05, 0.1) is 11.9 Å². The zero-order chi connectivity index (χ0) is 10.8. The van der Waals surface area contributed by atoms with Gasteiger partial charge in [-0.25, -0.2) is 4.98 Å². The molecule has 0 aromatic carbocycles. The Hall–Kier alpha value is -1.13. The Kier molecular flexibility index (Phi) is 2.76. The number of nitrogens with zero attached hydrogens (tertiary/aromatic N) is 1. The van der Waals surface area contributed by atoms with Gasteiger partial charge in [0.2, 0.25) is 0 Å². The Balaban J connectivity index is 1.82. The van der Waals surface area contributed by atoms with Crippen LogP contribution in [0.2, 0.25) is 0 Å². The van der Waals surface area contributed by atoms with Crippen molar-refractivity contribution in [1.82, 2.24) is 15.3 Å². The number of hydrogen-bond acceptors (Lipinski definition) is 3. The molecular weight excluding hydrogens is 218 g/mol. The molecule has 1 fully saturated rings. The number of hydrogen-bond donors (Lipinski definition) is 2. The quantitative estimate of drug-likeness (QED) is 0.837. The molecule has 1 saturated heterocycles. The molecule has 4 heteroatoms. The summed E-state index contributed by atoms with van der Waals surface area (Å²) in [4.78, 5) is 7.97. The number of H-pyrrole nitrogens is 1. The zero-order valence-electron chi connectivity index (χ0n) is 9.07. The van der Waals surface area contributed by atoms with Gasteiger partial charge in [-0.05, 0) is 37.4 Å². The number of nitrogens with one attached hydrogen (secondary N) is 2. The number of imidazole rings is 1. The molecule has 0 unspecified atom stereocenters. The number of aromatic amines is 1. The molecule has 2 aromatic rings. The minimum atomic E-state index is 0.605. The molecule has 1 aliphatic rings. The molecule has 0 amide bonds. The van der Waals surface area contributed by atoms with Crippen LogP contribution in [-0.2, 0) is 0 Å². The van der Waals surface area contributed by atoms with Crippen molar-refractivity contribution in [3.8, 4) is 11.3 Å². The Morgan fingerprint density at radius 1 is 1.31 bits per heavy atom. The first-order chi connectivity index (χ1) is 7.93. The summed E-state index contributed by atoms with van der Waals surface area (Å²) in [6, 6.07) is 2.13. The summed E-state index contributed by atoms with van der Waals surface area (Å²) in [5, 5.41) is 7.63. The summed E-state index contributed by atoms with van der Waals surface area (Å²) in [6.45, 7) is 2.22. The van der Waals surface area contributed by atoms with Gasteiger partial charge in [0.25, 0.3) is 0 Å². The van der Waals surface area contributed by atoms with Crippen LogP contribution in [0.3, 0.4) is 0 Å². The lowest BCUT2D eigenvalue weighted by Crippen LogP contribution is -2.27. The maximum Gasteiger partial charge on any atom is 0.109 e. The monoisotopic (exact) mass is 233 g/mol. The largest absolute Gasteiger partial charge is 0.342 e. The van der Waals surface area contributed by atoms with Gasteiger partial charge in [0, 0.05) is 16.9 Å². The zero-order valence-corrected chi connectivity index (χ0v) is 9.89. The highest BCUT2D eigenvalue weighted by atomic mass is 32.1. The minimum Gasteiger partial charge on any atom is -0.342 e. The lowest BCUT2D eigenvalue weighted by Gasteiger charge is -2.20. The van der Waals surface area contributed by atoms with Gasteiger partial charge in [-0.1, -0.05) is 0 Å². The van der Waals surface area contributed by atoms with E-state index in [1.165, 1.54) is 18.4 Å². The fourth-order valence-corrected chi connectivity index (χ4v) is 2.86. The molecule has 3 heterocycles. The summed E-state index contributed by atoms with van der Waals surface area (Å²) >= 11 is 1.72. The van der Waals surface area contributed by atoms with Gasteiger partial charge < -0.3 is 10.3 Å². The second kappa shape index (κ2) is 4.39. The van der Waals surface area contributed by atoms with Crippen molar-refractivity contribution in [2.45, 2.75) is 18.8 Å². The summed E-state index contributed by atoms with van der Waals surface area (Å²) in [5.41, 5.74) is 2.40. The fraction of sp³-hybridized carbons (Fsp3) is 0.417. The highest BCUT2D eigenvalue weighted by Crippen LogP contribution is 2.26. The maximum absolute atomic E-state index is 4.52. The second-order valence-corrected chi connectivity index (χ2v) is 5.00. The lowest BCUT2D eigenvalue weighted by molar-refractivity contribution is 0.447. The molecule has 84 valence electrons. The van der Waals surface area contributed by atoms with Gasteiger partial charge in [-0.15, -0.1) is 0 Å². The van der Waals surface area contributed by atoms with Crippen LogP contribution in [0.5, 0.6) is 0 Å². The van der Waals surface area contributed by atoms with Crippen molar-refractivity contribution in [1.29, 1.82) is 0 Å². The third-order valence-corrected chi connectivity index (χ3v) is 3.84. The highest BCUT2D eigenvalue weighted by Gasteiger charge is 2.18. The van der Waals surface area contributed by atoms with Crippen LogP contribution in [0.15, 0.2) is 23.0 Å². The Morgan fingerprint density at radius 3 is 2.94 bits per heavy atom. The van der Waals surface area contributed by atoms with Gasteiger partial charge >= 0.3 is 0 Å².